The van der Waals surface area contributed by atoms with Crippen LogP contribution in [-0.4, -0.2) is 49.9 Å². The van der Waals surface area contributed by atoms with Gasteiger partial charge in [-0.3, -0.25) is 4.55 Å². The number of carbonyl (C=O) groups is 1. The zero-order valence-electron chi connectivity index (χ0n) is 10.6. The molecular formula is C10H10BF3O6S. The van der Waals surface area contributed by atoms with Crippen LogP contribution in [0.4, 0.5) is 13.2 Å². The number of alkyl halides is 3. The molecule has 0 aromatic heterocycles. The van der Waals surface area contributed by atoms with Gasteiger partial charge >= 0.3 is 12.1 Å². The first-order valence-electron chi connectivity index (χ1n) is 5.42. The molecule has 0 aliphatic carbocycles. The minimum absolute atomic E-state index is 0.470. The number of phenolic OH excluding ortho intramolecular Hbond substituents is 1. The number of phenols is 1. The van der Waals surface area contributed by atoms with Crippen LogP contribution in [0.5, 0.6) is 5.75 Å². The van der Waals surface area contributed by atoms with Crippen LogP contribution in [0, 0.1) is 0 Å². The number of halogens is 3. The molecule has 116 valence electrons. The molecule has 0 bridgehead atoms. The average molecular weight is 326 g/mol. The van der Waals surface area contributed by atoms with E-state index in [2.05, 4.69) is 4.74 Å². The van der Waals surface area contributed by atoms with Crippen molar-refractivity contribution >= 4 is 29.4 Å². The normalized spacial score (nSPS) is 13.7. The molecular weight excluding hydrogens is 316 g/mol. The molecule has 0 saturated carbocycles. The van der Waals surface area contributed by atoms with Gasteiger partial charge < -0.3 is 9.84 Å². The van der Waals surface area contributed by atoms with Gasteiger partial charge in [-0.15, -0.1) is 0 Å². The van der Waals surface area contributed by atoms with E-state index in [9.17, 15) is 31.5 Å². The maximum atomic E-state index is 12.6. The summed E-state index contributed by atoms with van der Waals surface area (Å²) in [4.78, 5) is 11.6. The third-order valence-corrected chi connectivity index (χ3v) is 3.07. The maximum absolute atomic E-state index is 12.6. The second-order valence-electron chi connectivity index (χ2n) is 4.20. The largest absolute Gasteiger partial charge is 0.507 e. The van der Waals surface area contributed by atoms with E-state index in [1.807, 2.05) is 0 Å². The molecule has 0 aliphatic rings. The fourth-order valence-electron chi connectivity index (χ4n) is 1.39. The Morgan fingerprint density at radius 1 is 1.38 bits per heavy atom. The Bertz CT molecular complexity index is 643. The van der Waals surface area contributed by atoms with Crippen LogP contribution in [0.2, 0.25) is 0 Å². The Balaban J connectivity index is 3.03. The number of rotatable bonds is 4. The molecule has 0 saturated heterocycles. The lowest BCUT2D eigenvalue weighted by molar-refractivity contribution is -0.197. The number of hydrogen-bond donors (Lipinski definition) is 2. The van der Waals surface area contributed by atoms with Crippen molar-refractivity contribution in [3.8, 4) is 5.75 Å². The molecule has 0 radical (unpaired) electrons. The molecule has 0 aliphatic heterocycles. The van der Waals surface area contributed by atoms with Crippen molar-refractivity contribution in [3.05, 3.63) is 23.8 Å². The fourth-order valence-corrected chi connectivity index (χ4v) is 2.03. The molecule has 0 fully saturated rings. The van der Waals surface area contributed by atoms with E-state index in [1.54, 1.807) is 0 Å². The number of ether oxygens (including phenoxy) is 1. The van der Waals surface area contributed by atoms with Gasteiger partial charge in [0, 0.05) is 0 Å². The van der Waals surface area contributed by atoms with Gasteiger partial charge in [-0.05, 0) is 6.07 Å². The summed E-state index contributed by atoms with van der Waals surface area (Å²) >= 11 is 0. The predicted octanol–water partition coefficient (Wildman–Crippen LogP) is -0.374. The smallest absolute Gasteiger partial charge is 0.426 e. The van der Waals surface area contributed by atoms with Gasteiger partial charge in [-0.2, -0.15) is 21.6 Å². The van der Waals surface area contributed by atoms with E-state index in [1.165, 1.54) is 13.9 Å². The fraction of sp³-hybridized carbons (Fsp3) is 0.300. The highest BCUT2D eigenvalue weighted by Gasteiger charge is 2.45. The minimum atomic E-state index is -5.19. The zero-order valence-corrected chi connectivity index (χ0v) is 11.4. The van der Waals surface area contributed by atoms with Crippen LogP contribution in [-0.2, 0) is 14.9 Å². The summed E-state index contributed by atoms with van der Waals surface area (Å²) in [7, 11) is -3.49. The molecule has 0 amide bonds. The number of hydrogen-bond acceptors (Lipinski definition) is 5. The van der Waals surface area contributed by atoms with Crippen molar-refractivity contribution in [2.24, 2.45) is 0 Å². The lowest BCUT2D eigenvalue weighted by Gasteiger charge is -2.19. The van der Waals surface area contributed by atoms with E-state index < -0.39 is 45.4 Å². The predicted molar refractivity (Wildman–Crippen MR) is 68.0 cm³/mol. The summed E-state index contributed by atoms with van der Waals surface area (Å²) in [5.74, 6) is -3.99. The first kappa shape index (κ1) is 17.3. The van der Waals surface area contributed by atoms with Crippen molar-refractivity contribution in [1.82, 2.24) is 0 Å². The van der Waals surface area contributed by atoms with Crippen molar-refractivity contribution in [2.45, 2.75) is 12.3 Å². The summed E-state index contributed by atoms with van der Waals surface area (Å²) in [6.45, 7) is 0. The van der Waals surface area contributed by atoms with Crippen LogP contribution in [0.3, 0.4) is 0 Å². The number of benzene rings is 1. The molecule has 0 spiro atoms. The monoisotopic (exact) mass is 326 g/mol. The molecule has 0 heterocycles. The van der Waals surface area contributed by atoms with E-state index in [-0.39, 0.29) is 0 Å². The summed E-state index contributed by atoms with van der Waals surface area (Å²) in [5.41, 5.74) is -0.0716. The Hall–Kier alpha value is -1.75. The molecule has 1 atom stereocenters. The highest BCUT2D eigenvalue weighted by molar-refractivity contribution is 7.85. The standard InChI is InChI=1S/C10H10BF3O6S/c11-5-1-2-7(15)6(3-5)9(16)20-8(10(12,13)14)4-21(17,18)19/h1-3,8,15H,4,11H2,(H,17,18,19). The summed E-state index contributed by atoms with van der Waals surface area (Å²) in [6, 6.07) is 3.57. The van der Waals surface area contributed by atoms with E-state index in [0.29, 0.717) is 5.46 Å². The lowest BCUT2D eigenvalue weighted by Crippen LogP contribution is -2.39. The molecule has 2 N–H and O–H groups in total. The van der Waals surface area contributed by atoms with Crippen molar-refractivity contribution in [3.63, 3.8) is 0 Å². The summed E-state index contributed by atoms with van der Waals surface area (Å²) < 4.78 is 71.4. The average Bonchev–Trinajstić information content (AvgIpc) is 2.28. The molecule has 1 aromatic carbocycles. The highest BCUT2D eigenvalue weighted by Crippen LogP contribution is 2.26. The number of carbonyl (C=O) groups excluding carboxylic acids is 1. The second-order valence-corrected chi connectivity index (χ2v) is 5.70. The van der Waals surface area contributed by atoms with Crippen molar-refractivity contribution in [2.75, 3.05) is 5.75 Å². The van der Waals surface area contributed by atoms with E-state index in [0.717, 1.165) is 12.1 Å². The minimum Gasteiger partial charge on any atom is -0.507 e. The zero-order chi connectivity index (χ0) is 16.4. The van der Waals surface area contributed by atoms with Gasteiger partial charge in [-0.25, -0.2) is 4.79 Å². The van der Waals surface area contributed by atoms with Gasteiger partial charge in [-0.1, -0.05) is 17.6 Å². The van der Waals surface area contributed by atoms with E-state index >= 15 is 0 Å². The van der Waals surface area contributed by atoms with Crippen LogP contribution in [0.25, 0.3) is 0 Å². The summed E-state index contributed by atoms with van der Waals surface area (Å²) in [6.07, 6.45) is -8.23. The Labute approximate surface area is 118 Å². The Kier molecular flexibility index (Phi) is 4.89. The molecule has 1 unspecified atom stereocenters. The van der Waals surface area contributed by atoms with Crippen LogP contribution in [0.15, 0.2) is 18.2 Å². The van der Waals surface area contributed by atoms with Crippen LogP contribution < -0.4 is 5.46 Å². The van der Waals surface area contributed by atoms with Gasteiger partial charge in [0.2, 0.25) is 6.10 Å². The van der Waals surface area contributed by atoms with Crippen LogP contribution in [0.1, 0.15) is 10.4 Å². The topological polar surface area (TPSA) is 101 Å². The van der Waals surface area contributed by atoms with Gasteiger partial charge in [0.05, 0.1) is 0 Å². The Morgan fingerprint density at radius 3 is 2.43 bits per heavy atom. The van der Waals surface area contributed by atoms with Gasteiger partial charge in [0.1, 0.15) is 24.9 Å². The quantitative estimate of drug-likeness (QED) is 0.445. The maximum Gasteiger partial charge on any atom is 0.426 e. The van der Waals surface area contributed by atoms with Crippen molar-refractivity contribution in [1.29, 1.82) is 0 Å². The molecule has 6 nitrogen and oxygen atoms in total. The third kappa shape index (κ3) is 5.27. The van der Waals surface area contributed by atoms with Gasteiger partial charge in [0.25, 0.3) is 10.1 Å². The number of aromatic hydroxyl groups is 1. The van der Waals surface area contributed by atoms with Gasteiger partial charge in [0.15, 0.2) is 0 Å². The highest BCUT2D eigenvalue weighted by atomic mass is 32.2. The first-order valence-corrected chi connectivity index (χ1v) is 7.03. The summed E-state index contributed by atoms with van der Waals surface area (Å²) in [5, 5.41) is 9.40. The Morgan fingerprint density at radius 2 is 1.95 bits per heavy atom. The number of esters is 1. The lowest BCUT2D eigenvalue weighted by atomic mass is 9.94. The molecule has 1 aromatic rings. The molecule has 11 heteroatoms. The molecule has 1 rings (SSSR count). The van der Waals surface area contributed by atoms with Crippen molar-refractivity contribution < 1.29 is 40.8 Å². The SMILES string of the molecule is Bc1ccc(O)c(C(=O)OC(CS(=O)(=O)O)C(F)(F)F)c1. The third-order valence-electron chi connectivity index (χ3n) is 2.35. The first-order chi connectivity index (χ1) is 9.40. The molecule has 21 heavy (non-hydrogen) atoms. The van der Waals surface area contributed by atoms with E-state index in [4.69, 9.17) is 4.55 Å². The second kappa shape index (κ2) is 5.94. The van der Waals surface area contributed by atoms with Crippen LogP contribution >= 0.6 is 0 Å².